The molecule has 1 aliphatic heterocycles. The standard InChI is InChI=1S/C16H20N4O/c1-11(21)18-14-6-8-20(9-7-14)16-5-2-12-10-13(17)3-4-15(12)19-16/h2-5,10,14H,6-9,17H2,1H3,(H,18,21). The van der Waals surface area contributed by atoms with Gasteiger partial charge in [-0.1, -0.05) is 0 Å². The maximum Gasteiger partial charge on any atom is 0.217 e. The lowest BCUT2D eigenvalue weighted by molar-refractivity contribution is -0.119. The maximum absolute atomic E-state index is 11.1. The second-order valence-electron chi connectivity index (χ2n) is 5.58. The molecule has 0 radical (unpaired) electrons. The summed E-state index contributed by atoms with van der Waals surface area (Å²) in [6.07, 6.45) is 1.92. The Morgan fingerprint density at radius 3 is 2.76 bits per heavy atom. The molecule has 0 aliphatic carbocycles. The minimum atomic E-state index is 0.0508. The summed E-state index contributed by atoms with van der Waals surface area (Å²) in [5, 5.41) is 4.05. The van der Waals surface area contributed by atoms with E-state index in [1.165, 1.54) is 0 Å². The van der Waals surface area contributed by atoms with E-state index in [0.29, 0.717) is 6.04 Å². The van der Waals surface area contributed by atoms with Gasteiger partial charge in [0.05, 0.1) is 5.52 Å². The molecule has 5 heteroatoms. The van der Waals surface area contributed by atoms with Crippen molar-refractivity contribution in [3.63, 3.8) is 0 Å². The molecule has 2 heterocycles. The van der Waals surface area contributed by atoms with Gasteiger partial charge >= 0.3 is 0 Å². The number of hydrogen-bond acceptors (Lipinski definition) is 4. The average Bonchev–Trinajstić information content (AvgIpc) is 2.47. The summed E-state index contributed by atoms with van der Waals surface area (Å²) in [5.41, 5.74) is 7.51. The Morgan fingerprint density at radius 2 is 2.05 bits per heavy atom. The van der Waals surface area contributed by atoms with Gasteiger partial charge < -0.3 is 16.0 Å². The fourth-order valence-corrected chi connectivity index (χ4v) is 2.85. The molecule has 1 fully saturated rings. The minimum Gasteiger partial charge on any atom is -0.399 e. The summed E-state index contributed by atoms with van der Waals surface area (Å²) < 4.78 is 0. The van der Waals surface area contributed by atoms with Crippen molar-refractivity contribution < 1.29 is 4.79 Å². The first-order valence-corrected chi connectivity index (χ1v) is 7.30. The number of nitrogens with two attached hydrogens (primary N) is 1. The number of nitrogens with zero attached hydrogens (tertiary/aromatic N) is 2. The number of hydrogen-bond donors (Lipinski definition) is 2. The number of carbonyl (C=O) groups is 1. The molecule has 1 saturated heterocycles. The number of piperidine rings is 1. The number of carbonyl (C=O) groups excluding carboxylic acids is 1. The van der Waals surface area contributed by atoms with Gasteiger partial charge in [0.1, 0.15) is 5.82 Å². The molecule has 0 bridgehead atoms. The number of anilines is 2. The van der Waals surface area contributed by atoms with Crippen molar-refractivity contribution in [3.8, 4) is 0 Å². The van der Waals surface area contributed by atoms with Crippen LogP contribution in [0.15, 0.2) is 30.3 Å². The van der Waals surface area contributed by atoms with Crippen LogP contribution < -0.4 is 16.0 Å². The molecule has 3 N–H and O–H groups in total. The first kappa shape index (κ1) is 13.7. The highest BCUT2D eigenvalue weighted by atomic mass is 16.1. The first-order chi connectivity index (χ1) is 10.1. The van der Waals surface area contributed by atoms with Gasteiger partial charge in [-0.25, -0.2) is 4.98 Å². The molecule has 0 atom stereocenters. The van der Waals surface area contributed by atoms with Crippen LogP contribution in [0, 0.1) is 0 Å². The Labute approximate surface area is 124 Å². The van der Waals surface area contributed by atoms with Crippen LogP contribution in [0.25, 0.3) is 10.9 Å². The van der Waals surface area contributed by atoms with Gasteiger partial charge in [0.2, 0.25) is 5.91 Å². The fourth-order valence-electron chi connectivity index (χ4n) is 2.85. The van der Waals surface area contributed by atoms with Crippen LogP contribution in [-0.2, 0) is 4.79 Å². The van der Waals surface area contributed by atoms with E-state index >= 15 is 0 Å². The van der Waals surface area contributed by atoms with Crippen LogP contribution in [0.3, 0.4) is 0 Å². The number of nitrogens with one attached hydrogen (secondary N) is 1. The minimum absolute atomic E-state index is 0.0508. The van der Waals surface area contributed by atoms with E-state index in [0.717, 1.165) is 48.3 Å². The zero-order valence-corrected chi connectivity index (χ0v) is 12.2. The average molecular weight is 284 g/mol. The van der Waals surface area contributed by atoms with Crippen LogP contribution in [0.1, 0.15) is 19.8 Å². The Kier molecular flexibility index (Phi) is 3.64. The number of benzene rings is 1. The highest BCUT2D eigenvalue weighted by molar-refractivity contribution is 5.83. The van der Waals surface area contributed by atoms with Gasteiger partial charge in [0.25, 0.3) is 0 Å². The Hall–Kier alpha value is -2.30. The van der Waals surface area contributed by atoms with Gasteiger partial charge in [0, 0.05) is 37.1 Å². The van der Waals surface area contributed by atoms with E-state index in [1.807, 2.05) is 24.3 Å². The van der Waals surface area contributed by atoms with E-state index in [2.05, 4.69) is 16.3 Å². The second kappa shape index (κ2) is 5.60. The molecule has 110 valence electrons. The maximum atomic E-state index is 11.1. The summed E-state index contributed by atoms with van der Waals surface area (Å²) >= 11 is 0. The normalized spacial score (nSPS) is 16.1. The molecule has 0 unspecified atom stereocenters. The number of nitrogen functional groups attached to an aromatic ring is 1. The highest BCUT2D eigenvalue weighted by Gasteiger charge is 2.20. The lowest BCUT2D eigenvalue weighted by Crippen LogP contribution is -2.44. The van der Waals surface area contributed by atoms with E-state index in [4.69, 9.17) is 10.7 Å². The topological polar surface area (TPSA) is 71.2 Å². The van der Waals surface area contributed by atoms with Crippen LogP contribution in [0.5, 0.6) is 0 Å². The molecule has 1 amide bonds. The summed E-state index contributed by atoms with van der Waals surface area (Å²) in [6, 6.07) is 10.2. The van der Waals surface area contributed by atoms with Crippen LogP contribution >= 0.6 is 0 Å². The van der Waals surface area contributed by atoms with Crippen molar-refractivity contribution >= 4 is 28.3 Å². The van der Waals surface area contributed by atoms with Gasteiger partial charge in [-0.3, -0.25) is 4.79 Å². The van der Waals surface area contributed by atoms with Crippen molar-refractivity contribution in [1.82, 2.24) is 10.3 Å². The molecular formula is C16H20N4O. The Balaban J connectivity index is 1.73. The fraction of sp³-hybridized carbons (Fsp3) is 0.375. The molecular weight excluding hydrogens is 264 g/mol. The van der Waals surface area contributed by atoms with E-state index in [1.54, 1.807) is 6.92 Å². The Morgan fingerprint density at radius 1 is 1.29 bits per heavy atom. The van der Waals surface area contributed by atoms with E-state index in [-0.39, 0.29) is 5.91 Å². The Bertz CT molecular complexity index is 662. The second-order valence-corrected chi connectivity index (χ2v) is 5.58. The SMILES string of the molecule is CC(=O)NC1CCN(c2ccc3cc(N)ccc3n2)CC1. The molecule has 0 spiro atoms. The molecule has 1 aromatic heterocycles. The molecule has 1 aliphatic rings. The predicted molar refractivity (Wildman–Crippen MR) is 85.2 cm³/mol. The van der Waals surface area contributed by atoms with Crippen molar-refractivity contribution in [2.24, 2.45) is 0 Å². The highest BCUT2D eigenvalue weighted by Crippen LogP contribution is 2.22. The lowest BCUT2D eigenvalue weighted by Gasteiger charge is -2.33. The van der Waals surface area contributed by atoms with Crippen LogP contribution in [0.2, 0.25) is 0 Å². The van der Waals surface area contributed by atoms with Gasteiger partial charge in [-0.2, -0.15) is 0 Å². The van der Waals surface area contributed by atoms with Gasteiger partial charge in [0.15, 0.2) is 0 Å². The van der Waals surface area contributed by atoms with Crippen molar-refractivity contribution in [2.45, 2.75) is 25.8 Å². The zero-order chi connectivity index (χ0) is 14.8. The third-order valence-corrected chi connectivity index (χ3v) is 3.92. The molecule has 1 aromatic carbocycles. The number of rotatable bonds is 2. The summed E-state index contributed by atoms with van der Waals surface area (Å²) in [7, 11) is 0. The summed E-state index contributed by atoms with van der Waals surface area (Å²) in [4.78, 5) is 18.1. The third-order valence-electron chi connectivity index (χ3n) is 3.92. The molecule has 5 nitrogen and oxygen atoms in total. The smallest absolute Gasteiger partial charge is 0.217 e. The lowest BCUT2D eigenvalue weighted by atomic mass is 10.0. The predicted octanol–water partition coefficient (Wildman–Crippen LogP) is 1.92. The molecule has 3 rings (SSSR count). The number of fused-ring (bicyclic) bond motifs is 1. The third kappa shape index (κ3) is 3.07. The first-order valence-electron chi connectivity index (χ1n) is 7.30. The van der Waals surface area contributed by atoms with Crippen molar-refractivity contribution in [2.75, 3.05) is 23.7 Å². The van der Waals surface area contributed by atoms with Gasteiger partial charge in [-0.15, -0.1) is 0 Å². The van der Waals surface area contributed by atoms with Crippen LogP contribution in [-0.4, -0.2) is 30.0 Å². The number of amides is 1. The molecule has 21 heavy (non-hydrogen) atoms. The van der Waals surface area contributed by atoms with E-state index < -0.39 is 0 Å². The largest absolute Gasteiger partial charge is 0.399 e. The quantitative estimate of drug-likeness (QED) is 0.827. The summed E-state index contributed by atoms with van der Waals surface area (Å²) in [5.74, 6) is 1.04. The number of pyridine rings is 1. The van der Waals surface area contributed by atoms with E-state index in [9.17, 15) is 4.79 Å². The number of aromatic nitrogens is 1. The molecule has 0 saturated carbocycles. The van der Waals surface area contributed by atoms with Crippen molar-refractivity contribution in [3.05, 3.63) is 30.3 Å². The summed E-state index contributed by atoms with van der Waals surface area (Å²) in [6.45, 7) is 3.40. The van der Waals surface area contributed by atoms with Gasteiger partial charge in [-0.05, 0) is 43.2 Å². The monoisotopic (exact) mass is 284 g/mol. The van der Waals surface area contributed by atoms with Crippen LogP contribution in [0.4, 0.5) is 11.5 Å². The molecule has 2 aromatic rings. The zero-order valence-electron chi connectivity index (χ0n) is 12.2. The van der Waals surface area contributed by atoms with Crippen molar-refractivity contribution in [1.29, 1.82) is 0 Å².